The summed E-state index contributed by atoms with van der Waals surface area (Å²) < 4.78 is 44.9. The van der Waals surface area contributed by atoms with Crippen molar-refractivity contribution < 1.29 is 26.9 Å². The van der Waals surface area contributed by atoms with Gasteiger partial charge in [0.05, 0.1) is 4.90 Å². The van der Waals surface area contributed by atoms with Crippen LogP contribution in [-0.2, 0) is 23.8 Å². The molecule has 9 rings (SSSR count). The highest BCUT2D eigenvalue weighted by atomic mass is 32.2. The summed E-state index contributed by atoms with van der Waals surface area (Å²) in [6.45, 7) is 7.41. The second-order valence-electron chi connectivity index (χ2n) is 16.0. The Labute approximate surface area is 243 Å². The fraction of sp³-hybridized carbons (Fsp3) is 0.735. The molecule has 220 valence electrons. The first-order valence-corrected chi connectivity index (χ1v) is 17.5. The number of carbonyl (C=O) groups excluding carboxylic acids is 1. The topological polar surface area (TPSA) is 78.9 Å². The quantitative estimate of drug-likeness (QED) is 0.182. The van der Waals surface area contributed by atoms with Crippen LogP contribution in [0.2, 0.25) is 0 Å². The first-order valence-electron chi connectivity index (χ1n) is 16.1. The minimum Gasteiger partial charge on any atom is -0.429 e. The molecule has 0 saturated heterocycles. The van der Waals surface area contributed by atoms with E-state index < -0.39 is 34.1 Å². The third-order valence-electron chi connectivity index (χ3n) is 13.4. The number of fused-ring (bicyclic) bond motifs is 23. The zero-order valence-corrected chi connectivity index (χ0v) is 25.2. The van der Waals surface area contributed by atoms with Crippen molar-refractivity contribution in [2.45, 2.75) is 76.1 Å². The molecule has 0 radical (unpaired) electrons. The molecule has 0 spiro atoms. The lowest BCUT2D eigenvalue weighted by Crippen LogP contribution is -2.53. The number of carbonyl (C=O) groups is 1. The first kappa shape index (κ1) is 25.6. The normalized spacial score (nSPS) is 50.8. The maximum absolute atomic E-state index is 13.6. The van der Waals surface area contributed by atoms with Crippen molar-refractivity contribution in [3.63, 3.8) is 0 Å². The Kier molecular flexibility index (Phi) is 5.12. The van der Waals surface area contributed by atoms with E-state index in [1.165, 1.54) is 19.3 Å². The monoisotopic (exact) mass is 578 g/mol. The van der Waals surface area contributed by atoms with Gasteiger partial charge < -0.3 is 9.47 Å². The second kappa shape index (κ2) is 8.19. The van der Waals surface area contributed by atoms with Crippen molar-refractivity contribution in [2.75, 3.05) is 0 Å². The van der Waals surface area contributed by atoms with E-state index in [9.17, 15) is 13.2 Å². The van der Waals surface area contributed by atoms with Gasteiger partial charge in [0.1, 0.15) is 17.8 Å². The number of hydrogen-bond donors (Lipinski definition) is 0. The lowest BCUT2D eigenvalue weighted by Gasteiger charge is -2.51. The molecule has 16 atom stereocenters. The highest BCUT2D eigenvalue weighted by Gasteiger charge is 2.77. The number of allylic oxidation sites excluding steroid dienone is 2. The van der Waals surface area contributed by atoms with Crippen molar-refractivity contribution in [3.8, 4) is 0 Å². The van der Waals surface area contributed by atoms with Crippen LogP contribution in [0.1, 0.15) is 52.0 Å². The Hall–Kier alpha value is -1.86. The molecule has 0 amide bonds. The van der Waals surface area contributed by atoms with Crippen molar-refractivity contribution >= 4 is 16.3 Å². The molecule has 0 N–H and O–H groups in total. The van der Waals surface area contributed by atoms with Crippen LogP contribution in [0.5, 0.6) is 0 Å². The summed E-state index contributed by atoms with van der Waals surface area (Å²) >= 11 is 0. The molecule has 1 aromatic carbocycles. The standard InChI is InChI=1S/C34H42O6S/c1-15-5-9-18(10-6-15)41(36,37)40-32-24-14-23(31(32)38-33(35)39-34(2,3)4)29-21-13-22(30(24)29)28-20-12-19(27(21)28)25-16-7-8-17(11-16)26(20)25/h5-10,16-17,19-32H,11-14H2,1-4H3. The predicted molar refractivity (Wildman–Crippen MR) is 151 cm³/mol. The molecule has 8 aliphatic carbocycles. The summed E-state index contributed by atoms with van der Waals surface area (Å²) in [5.74, 6) is 9.33. The third-order valence-corrected chi connectivity index (χ3v) is 14.7. The molecule has 0 aliphatic heterocycles. The predicted octanol–water partition coefficient (Wildman–Crippen LogP) is 6.24. The van der Waals surface area contributed by atoms with Gasteiger partial charge in [-0.25, -0.2) is 4.79 Å². The van der Waals surface area contributed by atoms with Crippen LogP contribution in [0.15, 0.2) is 41.3 Å². The van der Waals surface area contributed by atoms with Gasteiger partial charge in [-0.15, -0.1) is 0 Å². The van der Waals surface area contributed by atoms with Crippen LogP contribution in [-0.4, -0.2) is 32.4 Å². The summed E-state index contributed by atoms with van der Waals surface area (Å²) in [5, 5.41) is 0. The van der Waals surface area contributed by atoms with Crippen molar-refractivity contribution in [1.82, 2.24) is 0 Å². The lowest BCUT2D eigenvalue weighted by atomic mass is 9.55. The van der Waals surface area contributed by atoms with E-state index in [1.54, 1.807) is 24.3 Å². The van der Waals surface area contributed by atoms with Gasteiger partial charge in [0.15, 0.2) is 0 Å². The summed E-state index contributed by atoms with van der Waals surface area (Å²) in [6.07, 6.45) is 8.07. The molecule has 6 nitrogen and oxygen atoms in total. The van der Waals surface area contributed by atoms with E-state index >= 15 is 0 Å². The minimum absolute atomic E-state index is 0.100. The summed E-state index contributed by atoms with van der Waals surface area (Å²) in [4.78, 5) is 13.2. The van der Waals surface area contributed by atoms with E-state index in [-0.39, 0.29) is 16.7 Å². The number of ether oxygens (including phenoxy) is 2. The highest BCUT2D eigenvalue weighted by Crippen LogP contribution is 2.81. The van der Waals surface area contributed by atoms with Gasteiger partial charge in [0, 0.05) is 5.92 Å². The smallest absolute Gasteiger partial charge is 0.429 e. The van der Waals surface area contributed by atoms with E-state index in [0.29, 0.717) is 23.7 Å². The van der Waals surface area contributed by atoms with Gasteiger partial charge in [-0.05, 0) is 142 Å². The average molecular weight is 579 g/mol. The number of aryl methyl sites for hydroxylation is 1. The van der Waals surface area contributed by atoms with E-state index in [0.717, 1.165) is 59.3 Å². The number of hydrogen-bond acceptors (Lipinski definition) is 6. The molecule has 16 unspecified atom stereocenters. The van der Waals surface area contributed by atoms with Gasteiger partial charge in [0.2, 0.25) is 0 Å². The molecule has 8 aliphatic rings. The van der Waals surface area contributed by atoms with Crippen LogP contribution < -0.4 is 0 Å². The van der Waals surface area contributed by atoms with Crippen LogP contribution in [0.3, 0.4) is 0 Å². The Morgan fingerprint density at radius 2 is 1.20 bits per heavy atom. The zero-order chi connectivity index (χ0) is 28.2. The molecule has 1 aromatic rings. The van der Waals surface area contributed by atoms with E-state index in [2.05, 4.69) is 12.2 Å². The van der Waals surface area contributed by atoms with Crippen LogP contribution >= 0.6 is 0 Å². The Morgan fingerprint density at radius 3 is 1.76 bits per heavy atom. The largest absolute Gasteiger partial charge is 0.509 e. The van der Waals surface area contributed by atoms with Gasteiger partial charge >= 0.3 is 6.16 Å². The highest BCUT2D eigenvalue weighted by molar-refractivity contribution is 7.86. The van der Waals surface area contributed by atoms with Crippen LogP contribution in [0.25, 0.3) is 0 Å². The summed E-state index contributed by atoms with van der Waals surface area (Å²) in [6, 6.07) is 6.82. The van der Waals surface area contributed by atoms with Gasteiger partial charge in [-0.1, -0.05) is 29.8 Å². The first-order chi connectivity index (χ1) is 19.5. The van der Waals surface area contributed by atoms with Crippen LogP contribution in [0, 0.1) is 89.8 Å². The maximum Gasteiger partial charge on any atom is 0.509 e. The maximum atomic E-state index is 13.6. The van der Waals surface area contributed by atoms with Gasteiger partial charge in [-0.2, -0.15) is 8.42 Å². The molecule has 0 aromatic heterocycles. The number of benzene rings is 1. The molecule has 0 heterocycles. The third kappa shape index (κ3) is 3.39. The molecule has 41 heavy (non-hydrogen) atoms. The number of rotatable bonds is 4. The molecule has 7 heteroatoms. The Bertz CT molecular complexity index is 1430. The second-order valence-corrected chi connectivity index (χ2v) is 17.5. The summed E-state index contributed by atoms with van der Waals surface area (Å²) in [7, 11) is -4.01. The van der Waals surface area contributed by atoms with E-state index in [1.807, 2.05) is 27.7 Å². The SMILES string of the molecule is Cc1ccc(S(=O)(=O)OC2C3CC(C2OC(=O)OC(C)(C)C)C2C4CC(C32)C2C3CC(C5C6C=CC(C6)C35)C42)cc1. The van der Waals surface area contributed by atoms with Gasteiger partial charge in [0.25, 0.3) is 10.1 Å². The molecular weight excluding hydrogens is 536 g/mol. The fourth-order valence-corrected chi connectivity index (χ4v) is 14.1. The van der Waals surface area contributed by atoms with Crippen molar-refractivity contribution in [3.05, 3.63) is 42.0 Å². The van der Waals surface area contributed by atoms with Gasteiger partial charge in [-0.3, -0.25) is 4.18 Å². The average Bonchev–Trinajstić information content (AvgIpc) is 3.73. The fourth-order valence-electron chi connectivity index (χ4n) is 13.0. The van der Waals surface area contributed by atoms with Crippen LogP contribution in [0.4, 0.5) is 4.79 Å². The molecule has 7 fully saturated rings. The Balaban J connectivity index is 1.04. The molecular formula is C34H42O6S. The Morgan fingerprint density at radius 1 is 0.707 bits per heavy atom. The molecule has 7 saturated carbocycles. The van der Waals surface area contributed by atoms with Crippen molar-refractivity contribution in [1.29, 1.82) is 0 Å². The molecule has 8 bridgehead atoms. The lowest BCUT2D eigenvalue weighted by molar-refractivity contribution is -0.111. The van der Waals surface area contributed by atoms with E-state index in [4.69, 9.17) is 13.7 Å². The van der Waals surface area contributed by atoms with Crippen molar-refractivity contribution in [2.24, 2.45) is 82.9 Å². The zero-order valence-electron chi connectivity index (χ0n) is 24.4. The minimum atomic E-state index is -4.01. The summed E-state index contributed by atoms with van der Waals surface area (Å²) in [5.41, 5.74) is 0.309.